The number of hydrogen-bond acceptors (Lipinski definition) is 5. The number of thiazole rings is 1. The predicted octanol–water partition coefficient (Wildman–Crippen LogP) is 1.81. The van der Waals surface area contributed by atoms with Gasteiger partial charge in [0.1, 0.15) is 0 Å². The molecule has 0 saturated carbocycles. The molecular formula is C12H22ClN3OS. The Balaban J connectivity index is 0.00000162. The van der Waals surface area contributed by atoms with E-state index in [0.29, 0.717) is 18.7 Å². The molecule has 1 aromatic heterocycles. The van der Waals surface area contributed by atoms with Crippen molar-refractivity contribution < 1.29 is 4.74 Å². The van der Waals surface area contributed by atoms with Crippen LogP contribution in [0.25, 0.3) is 0 Å². The monoisotopic (exact) mass is 291 g/mol. The number of halogens is 1. The summed E-state index contributed by atoms with van der Waals surface area (Å²) in [5.41, 5.74) is 8.94. The molecule has 0 amide bonds. The van der Waals surface area contributed by atoms with Gasteiger partial charge in [0, 0.05) is 37.7 Å². The van der Waals surface area contributed by atoms with Crippen LogP contribution < -0.4 is 5.73 Å². The summed E-state index contributed by atoms with van der Waals surface area (Å²) < 4.78 is 5.44. The van der Waals surface area contributed by atoms with Gasteiger partial charge in [-0.05, 0) is 19.8 Å². The zero-order valence-corrected chi connectivity index (χ0v) is 12.6. The number of piperidine rings is 1. The average Bonchev–Trinajstić information content (AvgIpc) is 2.75. The minimum Gasteiger partial charge on any atom is -0.381 e. The number of nitrogens with zero attached hydrogens (tertiary/aromatic N) is 2. The molecule has 1 saturated heterocycles. The van der Waals surface area contributed by atoms with E-state index in [1.165, 1.54) is 4.88 Å². The number of hydrogen-bond donors (Lipinski definition) is 1. The van der Waals surface area contributed by atoms with Crippen LogP contribution in [0.1, 0.15) is 23.4 Å². The molecule has 2 atom stereocenters. The molecule has 1 aliphatic heterocycles. The third-order valence-corrected chi connectivity index (χ3v) is 4.51. The first-order valence-corrected chi connectivity index (χ1v) is 6.98. The van der Waals surface area contributed by atoms with E-state index in [4.69, 9.17) is 10.5 Å². The molecule has 0 aliphatic carbocycles. The predicted molar refractivity (Wildman–Crippen MR) is 77.4 cm³/mol. The summed E-state index contributed by atoms with van der Waals surface area (Å²) in [5.74, 6) is 0. The SMILES string of the molecule is COC1CCN(Cc2scnc2C)C(CN)C1.Cl. The van der Waals surface area contributed by atoms with Gasteiger partial charge in [0.25, 0.3) is 0 Å². The summed E-state index contributed by atoms with van der Waals surface area (Å²) in [6, 6.07) is 0.440. The van der Waals surface area contributed by atoms with Crippen LogP contribution >= 0.6 is 23.7 Å². The molecule has 0 bridgehead atoms. The number of rotatable bonds is 4. The zero-order chi connectivity index (χ0) is 12.3. The fourth-order valence-corrected chi connectivity index (χ4v) is 3.19. The maximum atomic E-state index is 5.87. The van der Waals surface area contributed by atoms with Gasteiger partial charge in [0.15, 0.2) is 0 Å². The largest absolute Gasteiger partial charge is 0.381 e. The smallest absolute Gasteiger partial charge is 0.0798 e. The van der Waals surface area contributed by atoms with Crippen molar-refractivity contribution >= 4 is 23.7 Å². The maximum Gasteiger partial charge on any atom is 0.0798 e. The quantitative estimate of drug-likeness (QED) is 0.919. The second-order valence-electron chi connectivity index (χ2n) is 4.60. The molecule has 2 N–H and O–H groups in total. The van der Waals surface area contributed by atoms with Crippen LogP contribution in [-0.2, 0) is 11.3 Å². The van der Waals surface area contributed by atoms with Gasteiger partial charge in [-0.2, -0.15) is 0 Å². The fourth-order valence-electron chi connectivity index (χ4n) is 2.39. The molecular weight excluding hydrogens is 270 g/mol. The number of ether oxygens (including phenoxy) is 1. The minimum atomic E-state index is 0. The van der Waals surface area contributed by atoms with Crippen molar-refractivity contribution in [1.29, 1.82) is 0 Å². The van der Waals surface area contributed by atoms with Crippen molar-refractivity contribution in [3.05, 3.63) is 16.1 Å². The first-order valence-electron chi connectivity index (χ1n) is 6.10. The summed E-state index contributed by atoms with van der Waals surface area (Å²) in [6.45, 7) is 4.83. The van der Waals surface area contributed by atoms with Gasteiger partial charge < -0.3 is 10.5 Å². The lowest BCUT2D eigenvalue weighted by Gasteiger charge is -2.38. The number of nitrogens with two attached hydrogens (primary N) is 1. The highest BCUT2D eigenvalue weighted by molar-refractivity contribution is 7.09. The Bertz CT molecular complexity index is 361. The molecule has 2 unspecified atom stereocenters. The van der Waals surface area contributed by atoms with Crippen LogP contribution in [0.15, 0.2) is 5.51 Å². The van der Waals surface area contributed by atoms with Gasteiger partial charge in [0.2, 0.25) is 0 Å². The molecule has 0 radical (unpaired) electrons. The molecule has 1 aromatic rings. The van der Waals surface area contributed by atoms with Crippen molar-refractivity contribution in [3.63, 3.8) is 0 Å². The lowest BCUT2D eigenvalue weighted by molar-refractivity contribution is 0.0105. The summed E-state index contributed by atoms with van der Waals surface area (Å²) in [7, 11) is 1.79. The highest BCUT2D eigenvalue weighted by atomic mass is 35.5. The summed E-state index contributed by atoms with van der Waals surface area (Å²) >= 11 is 1.74. The Labute approximate surface area is 119 Å². The number of likely N-dealkylation sites (tertiary alicyclic amines) is 1. The fraction of sp³-hybridized carbons (Fsp3) is 0.750. The molecule has 18 heavy (non-hydrogen) atoms. The number of aromatic nitrogens is 1. The number of aryl methyl sites for hydroxylation is 1. The van der Waals surface area contributed by atoms with Crippen molar-refractivity contribution in [2.75, 3.05) is 20.2 Å². The average molecular weight is 292 g/mol. The zero-order valence-electron chi connectivity index (χ0n) is 11.0. The van der Waals surface area contributed by atoms with Gasteiger partial charge in [-0.25, -0.2) is 4.98 Å². The summed E-state index contributed by atoms with van der Waals surface area (Å²) in [5, 5.41) is 0. The van der Waals surface area contributed by atoms with Gasteiger partial charge in [-0.3, -0.25) is 4.90 Å². The van der Waals surface area contributed by atoms with Crippen LogP contribution in [0.2, 0.25) is 0 Å². The summed E-state index contributed by atoms with van der Waals surface area (Å²) in [6.07, 6.45) is 2.53. The lowest BCUT2D eigenvalue weighted by Crippen LogP contribution is -2.47. The van der Waals surface area contributed by atoms with E-state index in [9.17, 15) is 0 Å². The van der Waals surface area contributed by atoms with E-state index in [1.54, 1.807) is 18.4 Å². The van der Waals surface area contributed by atoms with Crippen molar-refractivity contribution in [2.45, 2.75) is 38.5 Å². The highest BCUT2D eigenvalue weighted by Gasteiger charge is 2.27. The number of methoxy groups -OCH3 is 1. The molecule has 6 heteroatoms. The minimum absolute atomic E-state index is 0. The third-order valence-electron chi connectivity index (χ3n) is 3.59. The van der Waals surface area contributed by atoms with Gasteiger partial charge in [-0.1, -0.05) is 0 Å². The van der Waals surface area contributed by atoms with Crippen LogP contribution in [0.4, 0.5) is 0 Å². The lowest BCUT2D eigenvalue weighted by atomic mass is 9.99. The second-order valence-corrected chi connectivity index (χ2v) is 5.54. The normalized spacial score (nSPS) is 24.8. The van der Waals surface area contributed by atoms with E-state index >= 15 is 0 Å². The van der Waals surface area contributed by atoms with Gasteiger partial charge in [-0.15, -0.1) is 23.7 Å². The Morgan fingerprint density at radius 2 is 2.39 bits per heavy atom. The Hall–Kier alpha value is -0.200. The van der Waals surface area contributed by atoms with E-state index in [1.807, 2.05) is 5.51 Å². The van der Waals surface area contributed by atoms with E-state index < -0.39 is 0 Å². The van der Waals surface area contributed by atoms with Crippen molar-refractivity contribution in [3.8, 4) is 0 Å². The molecule has 0 aromatic carbocycles. The summed E-state index contributed by atoms with van der Waals surface area (Å²) in [4.78, 5) is 8.13. The molecule has 2 rings (SSSR count). The molecule has 1 fully saturated rings. The first kappa shape index (κ1) is 15.9. The molecule has 2 heterocycles. The van der Waals surface area contributed by atoms with Crippen LogP contribution in [-0.4, -0.2) is 42.2 Å². The highest BCUT2D eigenvalue weighted by Crippen LogP contribution is 2.23. The van der Waals surface area contributed by atoms with E-state index in [-0.39, 0.29) is 12.4 Å². The standard InChI is InChI=1S/C12H21N3OS.ClH/c1-9-12(17-8-14-9)7-15-4-3-11(16-2)5-10(15)6-13;/h8,10-11H,3-7,13H2,1-2H3;1H. The maximum absolute atomic E-state index is 5.87. The van der Waals surface area contributed by atoms with Crippen LogP contribution in [0, 0.1) is 6.92 Å². The van der Waals surface area contributed by atoms with Crippen LogP contribution in [0.3, 0.4) is 0 Å². The van der Waals surface area contributed by atoms with Gasteiger partial charge >= 0.3 is 0 Å². The third kappa shape index (κ3) is 3.65. The van der Waals surface area contributed by atoms with E-state index in [0.717, 1.165) is 31.6 Å². The van der Waals surface area contributed by atoms with E-state index in [2.05, 4.69) is 16.8 Å². The van der Waals surface area contributed by atoms with Gasteiger partial charge in [0.05, 0.1) is 17.3 Å². The second kappa shape index (κ2) is 7.40. The van der Waals surface area contributed by atoms with Crippen molar-refractivity contribution in [1.82, 2.24) is 9.88 Å². The molecule has 1 aliphatic rings. The van der Waals surface area contributed by atoms with Crippen molar-refractivity contribution in [2.24, 2.45) is 5.73 Å². The van der Waals surface area contributed by atoms with Crippen LogP contribution in [0.5, 0.6) is 0 Å². The topological polar surface area (TPSA) is 51.4 Å². The molecule has 104 valence electrons. The first-order chi connectivity index (χ1) is 8.24. The Morgan fingerprint density at radius 1 is 1.61 bits per heavy atom. The Kier molecular flexibility index (Phi) is 6.52. The molecule has 0 spiro atoms. The Morgan fingerprint density at radius 3 is 2.94 bits per heavy atom. The molecule has 4 nitrogen and oxygen atoms in total.